The number of benzene rings is 1. The van der Waals surface area contributed by atoms with Crippen LogP contribution in [0.5, 0.6) is 0 Å². The Kier molecular flexibility index (Phi) is 5.17. The van der Waals surface area contributed by atoms with Gasteiger partial charge in [0.25, 0.3) is 0 Å². The van der Waals surface area contributed by atoms with E-state index in [1.807, 2.05) is 32.0 Å². The first-order valence-corrected chi connectivity index (χ1v) is 6.22. The summed E-state index contributed by atoms with van der Waals surface area (Å²) in [6.07, 6.45) is 2.94. The molecule has 0 saturated heterocycles. The molecule has 1 aromatic rings. The lowest BCUT2D eigenvalue weighted by Gasteiger charge is -2.17. The quantitative estimate of drug-likeness (QED) is 0.867. The molecule has 0 heterocycles. The molecule has 1 saturated carbocycles. The number of amides is 1. The van der Waals surface area contributed by atoms with Crippen LogP contribution in [0.15, 0.2) is 18.2 Å². The van der Waals surface area contributed by atoms with Crippen LogP contribution in [0.25, 0.3) is 0 Å². The lowest BCUT2D eigenvalue weighted by atomic mass is 10.0. The van der Waals surface area contributed by atoms with Gasteiger partial charge in [-0.15, -0.1) is 12.4 Å². The van der Waals surface area contributed by atoms with Crippen molar-refractivity contribution in [3.63, 3.8) is 0 Å². The summed E-state index contributed by atoms with van der Waals surface area (Å²) in [5.41, 5.74) is 9.18. The van der Waals surface area contributed by atoms with Crippen LogP contribution in [0.3, 0.4) is 0 Å². The molecule has 0 aromatic heterocycles. The van der Waals surface area contributed by atoms with Gasteiger partial charge in [0.1, 0.15) is 0 Å². The molecular formula is C14H21ClN2O. The molecule has 0 radical (unpaired) electrons. The Balaban J connectivity index is 0.00000162. The van der Waals surface area contributed by atoms with Gasteiger partial charge in [0.05, 0.1) is 5.92 Å². The molecule has 1 fully saturated rings. The Labute approximate surface area is 115 Å². The number of rotatable bonds is 2. The second kappa shape index (κ2) is 6.21. The highest BCUT2D eigenvalue weighted by molar-refractivity contribution is 5.94. The average Bonchev–Trinajstić information content (AvgIpc) is 2.71. The fourth-order valence-corrected chi connectivity index (χ4v) is 2.43. The lowest BCUT2D eigenvalue weighted by molar-refractivity contribution is -0.120. The second-order valence-corrected chi connectivity index (χ2v) is 4.94. The van der Waals surface area contributed by atoms with Gasteiger partial charge in [0, 0.05) is 11.7 Å². The molecule has 0 bridgehead atoms. The summed E-state index contributed by atoms with van der Waals surface area (Å²) in [5.74, 6) is 0.0543. The van der Waals surface area contributed by atoms with E-state index in [9.17, 15) is 4.79 Å². The van der Waals surface area contributed by atoms with Gasteiger partial charge in [0.2, 0.25) is 5.91 Å². The maximum absolute atomic E-state index is 12.1. The van der Waals surface area contributed by atoms with Gasteiger partial charge in [-0.3, -0.25) is 4.79 Å². The third-order valence-corrected chi connectivity index (χ3v) is 3.77. The number of carbonyl (C=O) groups is 1. The van der Waals surface area contributed by atoms with Crippen LogP contribution in [0.4, 0.5) is 5.69 Å². The van der Waals surface area contributed by atoms with Crippen molar-refractivity contribution >= 4 is 24.0 Å². The summed E-state index contributed by atoms with van der Waals surface area (Å²) in [6, 6.07) is 5.99. The van der Waals surface area contributed by atoms with E-state index in [1.165, 1.54) is 5.56 Å². The molecule has 3 N–H and O–H groups in total. The fourth-order valence-electron chi connectivity index (χ4n) is 2.43. The molecule has 2 atom stereocenters. The highest BCUT2D eigenvalue weighted by Crippen LogP contribution is 2.26. The number of hydrogen-bond donors (Lipinski definition) is 2. The first kappa shape index (κ1) is 15.0. The number of aryl methyl sites for hydroxylation is 1. The summed E-state index contributed by atoms with van der Waals surface area (Å²) in [7, 11) is 0. The molecule has 2 rings (SSSR count). The standard InChI is InChI=1S/C14H20N2O.ClH/c1-9-5-3-8-13(10(9)2)16-14(17)11-6-4-7-12(11)15;/h3,5,8,11-12H,4,6-7,15H2,1-2H3,(H,16,17);1H. The van der Waals surface area contributed by atoms with E-state index in [0.717, 1.165) is 30.5 Å². The maximum atomic E-state index is 12.1. The largest absolute Gasteiger partial charge is 0.327 e. The minimum absolute atomic E-state index is 0. The Morgan fingerprint density at radius 3 is 2.67 bits per heavy atom. The van der Waals surface area contributed by atoms with Crippen LogP contribution >= 0.6 is 12.4 Å². The van der Waals surface area contributed by atoms with Crippen LogP contribution in [-0.2, 0) is 4.79 Å². The van der Waals surface area contributed by atoms with E-state index >= 15 is 0 Å². The van der Waals surface area contributed by atoms with Crippen molar-refractivity contribution in [1.29, 1.82) is 0 Å². The number of hydrogen-bond acceptors (Lipinski definition) is 2. The van der Waals surface area contributed by atoms with Crippen molar-refractivity contribution in [1.82, 2.24) is 0 Å². The first-order valence-electron chi connectivity index (χ1n) is 6.22. The summed E-state index contributed by atoms with van der Waals surface area (Å²) in [4.78, 5) is 12.1. The number of nitrogens with two attached hydrogens (primary N) is 1. The Morgan fingerprint density at radius 2 is 2.06 bits per heavy atom. The minimum Gasteiger partial charge on any atom is -0.327 e. The van der Waals surface area contributed by atoms with E-state index < -0.39 is 0 Å². The first-order chi connectivity index (χ1) is 8.09. The zero-order chi connectivity index (χ0) is 12.4. The van der Waals surface area contributed by atoms with E-state index in [1.54, 1.807) is 0 Å². The molecule has 0 spiro atoms. The monoisotopic (exact) mass is 268 g/mol. The van der Waals surface area contributed by atoms with Gasteiger partial charge < -0.3 is 11.1 Å². The van der Waals surface area contributed by atoms with Crippen LogP contribution in [0.2, 0.25) is 0 Å². The Bertz CT molecular complexity index is 434. The summed E-state index contributed by atoms with van der Waals surface area (Å²) < 4.78 is 0. The van der Waals surface area contributed by atoms with Crippen molar-refractivity contribution in [2.24, 2.45) is 11.7 Å². The molecule has 1 amide bonds. The highest BCUT2D eigenvalue weighted by Gasteiger charge is 2.30. The normalized spacial score (nSPS) is 22.4. The van der Waals surface area contributed by atoms with Crippen molar-refractivity contribution in [2.75, 3.05) is 5.32 Å². The van der Waals surface area contributed by atoms with Crippen molar-refractivity contribution in [2.45, 2.75) is 39.2 Å². The molecule has 18 heavy (non-hydrogen) atoms. The van der Waals surface area contributed by atoms with Gasteiger partial charge in [-0.25, -0.2) is 0 Å². The van der Waals surface area contributed by atoms with Crippen molar-refractivity contribution < 1.29 is 4.79 Å². The fraction of sp³-hybridized carbons (Fsp3) is 0.500. The molecule has 1 aliphatic carbocycles. The van der Waals surface area contributed by atoms with Crippen LogP contribution < -0.4 is 11.1 Å². The predicted molar refractivity (Wildman–Crippen MR) is 77.1 cm³/mol. The van der Waals surface area contributed by atoms with E-state index in [0.29, 0.717) is 0 Å². The molecule has 0 aliphatic heterocycles. The van der Waals surface area contributed by atoms with Crippen molar-refractivity contribution in [3.8, 4) is 0 Å². The summed E-state index contributed by atoms with van der Waals surface area (Å²) in [5, 5.41) is 3.00. The molecule has 3 nitrogen and oxygen atoms in total. The van der Waals surface area contributed by atoms with Gasteiger partial charge in [-0.1, -0.05) is 18.6 Å². The van der Waals surface area contributed by atoms with Gasteiger partial charge >= 0.3 is 0 Å². The van der Waals surface area contributed by atoms with Crippen LogP contribution in [0.1, 0.15) is 30.4 Å². The third-order valence-electron chi connectivity index (χ3n) is 3.77. The smallest absolute Gasteiger partial charge is 0.229 e. The van der Waals surface area contributed by atoms with Crippen LogP contribution in [-0.4, -0.2) is 11.9 Å². The number of anilines is 1. The molecule has 100 valence electrons. The average molecular weight is 269 g/mol. The Morgan fingerprint density at radius 1 is 1.33 bits per heavy atom. The maximum Gasteiger partial charge on any atom is 0.229 e. The number of halogens is 1. The van der Waals surface area contributed by atoms with E-state index in [-0.39, 0.29) is 30.3 Å². The highest BCUT2D eigenvalue weighted by atomic mass is 35.5. The van der Waals surface area contributed by atoms with Gasteiger partial charge in [-0.05, 0) is 43.9 Å². The summed E-state index contributed by atoms with van der Waals surface area (Å²) >= 11 is 0. The molecule has 2 unspecified atom stereocenters. The molecule has 4 heteroatoms. The SMILES string of the molecule is Cc1cccc(NC(=O)C2CCCC2N)c1C.Cl. The van der Waals surface area contributed by atoms with E-state index in [2.05, 4.69) is 5.32 Å². The number of nitrogens with one attached hydrogen (secondary N) is 1. The molecular weight excluding hydrogens is 248 g/mol. The molecule has 1 aliphatic rings. The molecule has 1 aromatic carbocycles. The zero-order valence-corrected chi connectivity index (χ0v) is 11.7. The van der Waals surface area contributed by atoms with Crippen molar-refractivity contribution in [3.05, 3.63) is 29.3 Å². The lowest BCUT2D eigenvalue weighted by Crippen LogP contribution is -2.34. The topological polar surface area (TPSA) is 55.1 Å². The minimum atomic E-state index is -0.0186. The Hall–Kier alpha value is -1.06. The zero-order valence-electron chi connectivity index (χ0n) is 10.9. The number of carbonyl (C=O) groups excluding carboxylic acids is 1. The summed E-state index contributed by atoms with van der Waals surface area (Å²) in [6.45, 7) is 4.08. The predicted octanol–water partition coefficient (Wildman–Crippen LogP) is 2.79. The second-order valence-electron chi connectivity index (χ2n) is 4.94. The van der Waals surface area contributed by atoms with E-state index in [4.69, 9.17) is 5.73 Å². The third kappa shape index (κ3) is 3.03. The van der Waals surface area contributed by atoms with Gasteiger partial charge in [-0.2, -0.15) is 0 Å². The van der Waals surface area contributed by atoms with Gasteiger partial charge in [0.15, 0.2) is 0 Å². The van der Waals surface area contributed by atoms with Crippen LogP contribution in [0, 0.1) is 19.8 Å².